The molecule has 0 aliphatic heterocycles. The molecule has 3 aromatic carbocycles. The first kappa shape index (κ1) is 24.0. The lowest BCUT2D eigenvalue weighted by Gasteiger charge is -2.18. The highest BCUT2D eigenvalue weighted by molar-refractivity contribution is 5.99. The van der Waals surface area contributed by atoms with Gasteiger partial charge in [-0.15, -0.1) is 0 Å². The number of hydrogen-bond acceptors (Lipinski definition) is 4. The van der Waals surface area contributed by atoms with Crippen molar-refractivity contribution in [1.82, 2.24) is 10.6 Å². The van der Waals surface area contributed by atoms with E-state index in [-0.39, 0.29) is 24.1 Å². The monoisotopic (exact) mass is 446 g/mol. The molecule has 1 unspecified atom stereocenters. The van der Waals surface area contributed by atoms with Gasteiger partial charge in [-0.3, -0.25) is 14.4 Å². The van der Waals surface area contributed by atoms with Crippen LogP contribution in [0.3, 0.4) is 0 Å². The molecular weight excluding hydrogens is 416 g/mol. The highest BCUT2D eigenvalue weighted by Gasteiger charge is 2.21. The fourth-order valence-electron chi connectivity index (χ4n) is 3.50. The van der Waals surface area contributed by atoms with Crippen LogP contribution in [0.15, 0.2) is 66.7 Å². The second-order valence-electron chi connectivity index (χ2n) is 8.04. The van der Waals surface area contributed by atoms with Crippen LogP contribution in [0.1, 0.15) is 49.0 Å². The zero-order chi connectivity index (χ0) is 23.6. The predicted octanol–water partition coefficient (Wildman–Crippen LogP) is 4.41. The Hall–Kier alpha value is -3.67. The molecule has 2 amide bonds. The van der Waals surface area contributed by atoms with Crippen molar-refractivity contribution in [1.29, 1.82) is 0 Å². The summed E-state index contributed by atoms with van der Waals surface area (Å²) in [5.41, 5.74) is 1.51. The van der Waals surface area contributed by atoms with Gasteiger partial charge in [-0.2, -0.15) is 0 Å². The molecule has 6 heteroatoms. The van der Waals surface area contributed by atoms with Crippen LogP contribution in [0.25, 0.3) is 10.8 Å². The number of benzene rings is 3. The number of Topliss-reactive ketones (excluding diaryl/α,β-unsaturated/α-hetero) is 1. The van der Waals surface area contributed by atoms with Gasteiger partial charge in [-0.1, -0.05) is 56.2 Å². The van der Waals surface area contributed by atoms with Gasteiger partial charge in [0.15, 0.2) is 5.78 Å². The van der Waals surface area contributed by atoms with Crippen molar-refractivity contribution in [3.05, 3.63) is 77.9 Å². The van der Waals surface area contributed by atoms with Gasteiger partial charge in [0.25, 0.3) is 5.91 Å². The minimum absolute atomic E-state index is 0.0917. The first-order valence-corrected chi connectivity index (χ1v) is 11.2. The van der Waals surface area contributed by atoms with Crippen LogP contribution in [0.5, 0.6) is 5.75 Å². The number of ether oxygens (including phenoxy) is 1. The van der Waals surface area contributed by atoms with Crippen molar-refractivity contribution in [2.45, 2.75) is 45.8 Å². The Morgan fingerprint density at radius 2 is 1.67 bits per heavy atom. The summed E-state index contributed by atoms with van der Waals surface area (Å²) < 4.78 is 5.88. The fraction of sp³-hybridized carbons (Fsp3) is 0.296. The van der Waals surface area contributed by atoms with Crippen molar-refractivity contribution < 1.29 is 19.1 Å². The quantitative estimate of drug-likeness (QED) is 0.457. The van der Waals surface area contributed by atoms with Crippen LogP contribution in [0, 0.1) is 0 Å². The summed E-state index contributed by atoms with van der Waals surface area (Å²) >= 11 is 0. The molecule has 172 valence electrons. The molecule has 0 heterocycles. The third-order valence-electron chi connectivity index (χ3n) is 5.39. The molecule has 3 aromatic rings. The molecular formula is C27H30N2O4. The van der Waals surface area contributed by atoms with E-state index in [1.165, 1.54) is 12.3 Å². The summed E-state index contributed by atoms with van der Waals surface area (Å²) in [4.78, 5) is 36.2. The van der Waals surface area contributed by atoms with Crippen molar-refractivity contribution in [2.24, 2.45) is 0 Å². The maximum absolute atomic E-state index is 12.7. The second kappa shape index (κ2) is 11.8. The number of rotatable bonds is 11. The zero-order valence-electron chi connectivity index (χ0n) is 19.1. The Balaban J connectivity index is 1.58. The van der Waals surface area contributed by atoms with E-state index < -0.39 is 6.04 Å². The summed E-state index contributed by atoms with van der Waals surface area (Å²) in [7, 11) is 0. The van der Waals surface area contributed by atoms with Crippen molar-refractivity contribution in [3.63, 3.8) is 0 Å². The van der Waals surface area contributed by atoms with Gasteiger partial charge < -0.3 is 15.4 Å². The van der Waals surface area contributed by atoms with Crippen LogP contribution < -0.4 is 15.4 Å². The van der Waals surface area contributed by atoms with E-state index >= 15 is 0 Å². The van der Waals surface area contributed by atoms with E-state index in [0.29, 0.717) is 24.3 Å². The molecule has 0 aliphatic rings. The molecule has 0 saturated heterocycles. The molecule has 0 aliphatic carbocycles. The van der Waals surface area contributed by atoms with Gasteiger partial charge in [0, 0.05) is 12.5 Å². The number of carbonyl (C=O) groups excluding carboxylic acids is 3. The first-order valence-electron chi connectivity index (χ1n) is 11.2. The number of carbonyl (C=O) groups is 3. The molecule has 0 aromatic heterocycles. The Morgan fingerprint density at radius 1 is 0.939 bits per heavy atom. The maximum Gasteiger partial charge on any atom is 0.251 e. The molecule has 33 heavy (non-hydrogen) atoms. The van der Waals surface area contributed by atoms with Gasteiger partial charge in [0.2, 0.25) is 5.91 Å². The van der Waals surface area contributed by atoms with Crippen LogP contribution in [-0.4, -0.2) is 30.2 Å². The van der Waals surface area contributed by atoms with Crippen LogP contribution in [0.4, 0.5) is 0 Å². The number of nitrogens with one attached hydrogen (secondary N) is 2. The van der Waals surface area contributed by atoms with Crippen LogP contribution in [-0.2, 0) is 16.2 Å². The standard InChI is InChI=1S/C27H30N2O4/c1-3-4-9-25(26(31)17-28-19(2)30)29-27(32)22-12-14-24(15-13-22)33-18-20-10-11-21-7-5-6-8-23(21)16-20/h5-8,10-16,25H,3-4,9,17-18H2,1-2H3,(H,28,30)(H,29,32). The number of fused-ring (bicyclic) bond motifs is 1. The second-order valence-corrected chi connectivity index (χ2v) is 8.04. The molecule has 0 radical (unpaired) electrons. The number of hydrogen-bond donors (Lipinski definition) is 2. The van der Waals surface area contributed by atoms with Gasteiger partial charge in [-0.25, -0.2) is 0 Å². The van der Waals surface area contributed by atoms with Crippen molar-refractivity contribution >= 4 is 28.4 Å². The van der Waals surface area contributed by atoms with Crippen molar-refractivity contribution in [3.8, 4) is 5.75 Å². The van der Waals surface area contributed by atoms with Crippen molar-refractivity contribution in [2.75, 3.05) is 6.54 Å². The molecule has 1 atom stereocenters. The Kier molecular flexibility index (Phi) is 8.58. The van der Waals surface area contributed by atoms with E-state index in [1.807, 2.05) is 25.1 Å². The highest BCUT2D eigenvalue weighted by atomic mass is 16.5. The fourth-order valence-corrected chi connectivity index (χ4v) is 3.50. The lowest BCUT2D eigenvalue weighted by molar-refractivity contribution is -0.124. The van der Waals surface area contributed by atoms with E-state index in [4.69, 9.17) is 4.74 Å². The van der Waals surface area contributed by atoms with Gasteiger partial charge >= 0.3 is 0 Å². The van der Waals surface area contributed by atoms with Crippen LogP contribution >= 0.6 is 0 Å². The molecule has 3 rings (SSSR count). The smallest absolute Gasteiger partial charge is 0.251 e. The lowest BCUT2D eigenvalue weighted by Crippen LogP contribution is -2.45. The summed E-state index contributed by atoms with van der Waals surface area (Å²) in [6.45, 7) is 3.71. The normalized spacial score (nSPS) is 11.6. The predicted molar refractivity (Wildman–Crippen MR) is 129 cm³/mol. The largest absolute Gasteiger partial charge is 0.489 e. The molecule has 2 N–H and O–H groups in total. The Labute approximate surface area is 194 Å². The maximum atomic E-state index is 12.7. The number of amides is 2. The molecule has 0 bridgehead atoms. The average molecular weight is 447 g/mol. The minimum atomic E-state index is -0.631. The van der Waals surface area contributed by atoms with Gasteiger partial charge in [0.1, 0.15) is 12.4 Å². The number of unbranched alkanes of at least 4 members (excludes halogenated alkanes) is 1. The van der Waals surface area contributed by atoms with E-state index in [2.05, 4.69) is 34.9 Å². The van der Waals surface area contributed by atoms with E-state index in [0.717, 1.165) is 23.8 Å². The summed E-state index contributed by atoms with van der Waals surface area (Å²) in [6, 6.07) is 20.6. The topological polar surface area (TPSA) is 84.5 Å². The molecule has 0 fully saturated rings. The average Bonchev–Trinajstić information content (AvgIpc) is 2.83. The first-order chi connectivity index (χ1) is 16.0. The Morgan fingerprint density at radius 3 is 2.36 bits per heavy atom. The highest BCUT2D eigenvalue weighted by Crippen LogP contribution is 2.18. The third kappa shape index (κ3) is 7.17. The molecule has 0 spiro atoms. The summed E-state index contributed by atoms with van der Waals surface area (Å²) in [5, 5.41) is 7.66. The summed E-state index contributed by atoms with van der Waals surface area (Å²) in [5.74, 6) is -0.150. The van der Waals surface area contributed by atoms with Gasteiger partial charge in [-0.05, 0) is 53.1 Å². The van der Waals surface area contributed by atoms with Crippen LogP contribution in [0.2, 0.25) is 0 Å². The minimum Gasteiger partial charge on any atom is -0.489 e. The summed E-state index contributed by atoms with van der Waals surface area (Å²) in [6.07, 6.45) is 2.24. The molecule has 6 nitrogen and oxygen atoms in total. The van der Waals surface area contributed by atoms with Gasteiger partial charge in [0.05, 0.1) is 12.6 Å². The lowest BCUT2D eigenvalue weighted by atomic mass is 10.0. The number of ketones is 1. The SMILES string of the molecule is CCCCC(NC(=O)c1ccc(OCc2ccc3ccccc3c2)cc1)C(=O)CNC(C)=O. The third-order valence-corrected chi connectivity index (χ3v) is 5.39. The van der Waals surface area contributed by atoms with E-state index in [9.17, 15) is 14.4 Å². The molecule has 0 saturated carbocycles. The Bertz CT molecular complexity index is 1110. The zero-order valence-corrected chi connectivity index (χ0v) is 19.1. The van der Waals surface area contributed by atoms with E-state index in [1.54, 1.807) is 24.3 Å².